The molecule has 2 aromatic carbocycles. The maximum atomic E-state index is 14.1. The number of pyridine rings is 1. The molecule has 2 saturated heterocycles. The highest BCUT2D eigenvalue weighted by atomic mass is 35.5. The molecule has 0 radical (unpaired) electrons. The molecule has 0 bridgehead atoms. The number of anilines is 1. The standard InChI is InChI=1S/C33H38ClN5O2/c1-24-29-6-2-3-7-30(29)39(23-25-8-10-28(34)11-9-25)31(24)33(41)37-15-12-27(13-16-37)32(40)38-19-17-36(18-20-38)22-26-5-4-14-35-21-26/h2-11,14,21,24,27,31H,12-13,15-20,22-23H2,1H3. The molecule has 7 nitrogen and oxygen atoms in total. The van der Waals surface area contributed by atoms with Crippen LogP contribution in [0.15, 0.2) is 73.1 Å². The zero-order valence-electron chi connectivity index (χ0n) is 23.7. The third-order valence-electron chi connectivity index (χ3n) is 9.03. The third kappa shape index (κ3) is 5.97. The van der Waals surface area contributed by atoms with Crippen LogP contribution in [0.5, 0.6) is 0 Å². The van der Waals surface area contributed by atoms with E-state index < -0.39 is 0 Å². The SMILES string of the molecule is CC1c2ccccc2N(Cc2ccc(Cl)cc2)C1C(=O)N1CCC(C(=O)N2CCN(Cc3cccnc3)CC2)CC1. The van der Waals surface area contributed by atoms with Crippen LogP contribution in [0.2, 0.25) is 5.02 Å². The lowest BCUT2D eigenvalue weighted by Crippen LogP contribution is -2.53. The van der Waals surface area contributed by atoms with Gasteiger partial charge in [0.15, 0.2) is 0 Å². The molecular formula is C33H38ClN5O2. The normalized spacial score (nSPS) is 21.7. The predicted molar refractivity (Wildman–Crippen MR) is 162 cm³/mol. The summed E-state index contributed by atoms with van der Waals surface area (Å²) in [4.78, 5) is 40.4. The van der Waals surface area contributed by atoms with Crippen molar-refractivity contribution in [1.82, 2.24) is 19.7 Å². The van der Waals surface area contributed by atoms with Crippen LogP contribution in [0.3, 0.4) is 0 Å². The van der Waals surface area contributed by atoms with Crippen LogP contribution in [-0.2, 0) is 22.7 Å². The van der Waals surface area contributed by atoms with Gasteiger partial charge in [-0.25, -0.2) is 0 Å². The van der Waals surface area contributed by atoms with Gasteiger partial charge >= 0.3 is 0 Å². The van der Waals surface area contributed by atoms with E-state index in [4.69, 9.17) is 11.6 Å². The van der Waals surface area contributed by atoms with Crippen LogP contribution in [0.4, 0.5) is 5.69 Å². The maximum absolute atomic E-state index is 14.1. The average Bonchev–Trinajstić information content (AvgIpc) is 3.29. The van der Waals surface area contributed by atoms with Crippen molar-refractivity contribution in [3.63, 3.8) is 0 Å². The van der Waals surface area contributed by atoms with Gasteiger partial charge in [0.05, 0.1) is 0 Å². The second kappa shape index (κ2) is 12.2. The number of hydrogen-bond acceptors (Lipinski definition) is 5. The summed E-state index contributed by atoms with van der Waals surface area (Å²) in [6.07, 6.45) is 5.16. The molecule has 2 atom stereocenters. The lowest BCUT2D eigenvalue weighted by atomic mass is 9.92. The summed E-state index contributed by atoms with van der Waals surface area (Å²) in [7, 11) is 0. The van der Waals surface area contributed by atoms with Crippen LogP contribution in [-0.4, -0.2) is 76.8 Å². The van der Waals surface area contributed by atoms with Crippen LogP contribution in [0.1, 0.15) is 42.4 Å². The van der Waals surface area contributed by atoms with Gasteiger partial charge < -0.3 is 14.7 Å². The molecule has 8 heteroatoms. The minimum Gasteiger partial charge on any atom is -0.354 e. The number of benzene rings is 2. The van der Waals surface area contributed by atoms with Gasteiger partial charge in [0.1, 0.15) is 6.04 Å². The van der Waals surface area contributed by atoms with Gasteiger partial charge in [-0.15, -0.1) is 0 Å². The molecule has 1 aromatic heterocycles. The Kier molecular flexibility index (Phi) is 8.26. The van der Waals surface area contributed by atoms with Gasteiger partial charge in [0.25, 0.3) is 0 Å². The third-order valence-corrected chi connectivity index (χ3v) is 9.29. The van der Waals surface area contributed by atoms with Crippen LogP contribution >= 0.6 is 11.6 Å². The topological polar surface area (TPSA) is 60.0 Å². The number of aromatic nitrogens is 1. The fourth-order valence-electron chi connectivity index (χ4n) is 6.71. The molecule has 41 heavy (non-hydrogen) atoms. The van der Waals surface area contributed by atoms with Crippen LogP contribution in [0.25, 0.3) is 0 Å². The van der Waals surface area contributed by atoms with Crippen molar-refractivity contribution in [1.29, 1.82) is 0 Å². The summed E-state index contributed by atoms with van der Waals surface area (Å²) in [6, 6.07) is 20.0. The summed E-state index contributed by atoms with van der Waals surface area (Å²) in [5, 5.41) is 0.709. The Balaban J connectivity index is 1.06. The van der Waals surface area contributed by atoms with Crippen molar-refractivity contribution in [3.05, 3.63) is 94.8 Å². The molecule has 214 valence electrons. The summed E-state index contributed by atoms with van der Waals surface area (Å²) >= 11 is 6.13. The van der Waals surface area contributed by atoms with Gasteiger partial charge in [-0.05, 0) is 53.8 Å². The number of nitrogens with zero attached hydrogens (tertiary/aromatic N) is 5. The van der Waals surface area contributed by atoms with Gasteiger partial charge in [-0.1, -0.05) is 54.9 Å². The molecule has 2 fully saturated rings. The fourth-order valence-corrected chi connectivity index (χ4v) is 6.84. The van der Waals surface area contributed by atoms with E-state index in [1.54, 1.807) is 6.20 Å². The number of amides is 2. The van der Waals surface area contributed by atoms with Crippen molar-refractivity contribution < 1.29 is 9.59 Å². The Morgan fingerprint density at radius 2 is 1.51 bits per heavy atom. The Hall–Kier alpha value is -3.42. The minimum atomic E-state index is -0.261. The molecule has 3 aliphatic heterocycles. The maximum Gasteiger partial charge on any atom is 0.245 e. The minimum absolute atomic E-state index is 0.00714. The summed E-state index contributed by atoms with van der Waals surface area (Å²) in [6.45, 7) is 8.21. The Bertz CT molecular complexity index is 1350. The van der Waals surface area contributed by atoms with Crippen LogP contribution in [0, 0.1) is 5.92 Å². The van der Waals surface area contributed by atoms with Crippen molar-refractivity contribution in [2.45, 2.75) is 44.8 Å². The summed E-state index contributed by atoms with van der Waals surface area (Å²) in [5.74, 6) is 0.502. The Labute approximate surface area is 247 Å². The smallest absolute Gasteiger partial charge is 0.245 e. The monoisotopic (exact) mass is 571 g/mol. The van der Waals surface area contributed by atoms with Crippen molar-refractivity contribution in [3.8, 4) is 0 Å². The first-order valence-electron chi connectivity index (χ1n) is 14.8. The first-order chi connectivity index (χ1) is 20.0. The Morgan fingerprint density at radius 3 is 2.22 bits per heavy atom. The molecule has 0 N–H and O–H groups in total. The molecule has 0 saturated carbocycles. The predicted octanol–water partition coefficient (Wildman–Crippen LogP) is 4.81. The zero-order valence-corrected chi connectivity index (χ0v) is 24.4. The van der Waals surface area contributed by atoms with E-state index >= 15 is 0 Å². The Morgan fingerprint density at radius 1 is 0.805 bits per heavy atom. The highest BCUT2D eigenvalue weighted by Crippen LogP contribution is 2.42. The zero-order chi connectivity index (χ0) is 28.3. The molecule has 0 aliphatic carbocycles. The molecule has 4 heterocycles. The van der Waals surface area contributed by atoms with Crippen molar-refractivity contribution in [2.24, 2.45) is 5.92 Å². The lowest BCUT2D eigenvalue weighted by Gasteiger charge is -2.40. The molecule has 6 rings (SSSR count). The number of para-hydroxylation sites is 1. The number of piperidine rings is 1. The van der Waals surface area contributed by atoms with E-state index in [2.05, 4.69) is 46.0 Å². The van der Waals surface area contributed by atoms with E-state index in [1.807, 2.05) is 52.4 Å². The quantitative estimate of drug-likeness (QED) is 0.425. The second-order valence-corrected chi connectivity index (χ2v) is 12.0. The molecule has 3 aromatic rings. The second-order valence-electron chi connectivity index (χ2n) is 11.6. The highest BCUT2D eigenvalue weighted by Gasteiger charge is 2.43. The van der Waals surface area contributed by atoms with E-state index in [9.17, 15) is 9.59 Å². The molecule has 2 unspecified atom stereocenters. The summed E-state index contributed by atoms with van der Waals surface area (Å²) in [5.41, 5.74) is 4.67. The van der Waals surface area contributed by atoms with E-state index in [-0.39, 0.29) is 29.7 Å². The van der Waals surface area contributed by atoms with Gasteiger partial charge in [0, 0.05) is 87.3 Å². The van der Waals surface area contributed by atoms with Gasteiger partial charge in [-0.2, -0.15) is 0 Å². The number of carbonyl (C=O) groups excluding carboxylic acids is 2. The van der Waals surface area contributed by atoms with E-state index in [0.717, 1.165) is 56.8 Å². The van der Waals surface area contributed by atoms with Crippen molar-refractivity contribution in [2.75, 3.05) is 44.2 Å². The average molecular weight is 572 g/mol. The largest absolute Gasteiger partial charge is 0.354 e. The lowest BCUT2D eigenvalue weighted by molar-refractivity contribution is -0.142. The number of fused-ring (bicyclic) bond motifs is 1. The van der Waals surface area contributed by atoms with Gasteiger partial charge in [-0.3, -0.25) is 19.5 Å². The first-order valence-corrected chi connectivity index (χ1v) is 15.1. The number of rotatable bonds is 6. The summed E-state index contributed by atoms with van der Waals surface area (Å²) < 4.78 is 0. The van der Waals surface area contributed by atoms with Crippen LogP contribution < -0.4 is 4.90 Å². The molecule has 3 aliphatic rings. The number of likely N-dealkylation sites (tertiary alicyclic amines) is 1. The van der Waals surface area contributed by atoms with Crippen molar-refractivity contribution >= 4 is 29.1 Å². The fraction of sp³-hybridized carbons (Fsp3) is 0.424. The highest BCUT2D eigenvalue weighted by molar-refractivity contribution is 6.30. The van der Waals surface area contributed by atoms with Gasteiger partial charge in [0.2, 0.25) is 11.8 Å². The molecule has 0 spiro atoms. The number of piperazine rings is 1. The van der Waals surface area contributed by atoms with E-state index in [0.29, 0.717) is 24.7 Å². The first kappa shape index (κ1) is 27.7. The molecule has 2 amide bonds. The van der Waals surface area contributed by atoms with E-state index in [1.165, 1.54) is 11.1 Å². The number of carbonyl (C=O) groups is 2. The number of halogens is 1. The molecular weight excluding hydrogens is 534 g/mol. The number of hydrogen-bond donors (Lipinski definition) is 0.